The molecule has 0 saturated carbocycles. The van der Waals surface area contributed by atoms with Gasteiger partial charge in [0.25, 0.3) is 0 Å². The van der Waals surface area contributed by atoms with Gasteiger partial charge < -0.3 is 14.0 Å². The molecule has 4 rings (SSSR count). The zero-order valence-electron chi connectivity index (χ0n) is 20.4. The molecule has 0 amide bonds. The zero-order valence-corrected chi connectivity index (χ0v) is 20.4. The van der Waals surface area contributed by atoms with E-state index in [9.17, 15) is 0 Å². The predicted molar refractivity (Wildman–Crippen MR) is 130 cm³/mol. The fraction of sp³-hybridized carbons (Fsp3) is 0.462. The van der Waals surface area contributed by atoms with E-state index in [0.29, 0.717) is 0 Å². The van der Waals surface area contributed by atoms with E-state index in [4.69, 9.17) is 19.6 Å². The van der Waals surface area contributed by atoms with Crippen LogP contribution in [0, 0.1) is 27.7 Å². The Hall–Kier alpha value is -2.86. The number of ether oxygens (including phenoxy) is 2. The molecule has 0 bridgehead atoms. The molecule has 3 heterocycles. The van der Waals surface area contributed by atoms with E-state index < -0.39 is 0 Å². The highest BCUT2D eigenvalue weighted by Gasteiger charge is 2.22. The van der Waals surface area contributed by atoms with Gasteiger partial charge in [-0.3, -0.25) is 0 Å². The molecule has 0 spiro atoms. The Kier molecular flexibility index (Phi) is 6.24. The molecular weight excluding hydrogens is 400 g/mol. The number of aryl methyl sites for hydroxylation is 6. The van der Waals surface area contributed by atoms with Gasteiger partial charge in [0, 0.05) is 31.3 Å². The number of nitrogens with zero attached hydrogens (tertiary/aromatic N) is 4. The summed E-state index contributed by atoms with van der Waals surface area (Å²) in [4.78, 5) is 5.07. The third-order valence-electron chi connectivity index (χ3n) is 6.28. The standard InChI is InChI=1S/C26H34N4O2/c1-8-10-20-15-22-18(4)27-25-24(23-16(2)13-21(32-7)14-17(23)3)19(5)28-30(25)26(22)29(20)11-9-12-31-6/h13-15H,8-12H2,1-7H3. The lowest BCUT2D eigenvalue weighted by Gasteiger charge is -2.13. The highest BCUT2D eigenvalue weighted by molar-refractivity contribution is 5.90. The average molecular weight is 435 g/mol. The molecule has 4 aromatic rings. The third-order valence-corrected chi connectivity index (χ3v) is 6.28. The second-order valence-corrected chi connectivity index (χ2v) is 8.65. The lowest BCUT2D eigenvalue weighted by Crippen LogP contribution is -2.09. The van der Waals surface area contributed by atoms with Crippen molar-refractivity contribution in [2.45, 2.75) is 60.4 Å². The van der Waals surface area contributed by atoms with Gasteiger partial charge in [0.2, 0.25) is 0 Å². The molecule has 0 aliphatic heterocycles. The van der Waals surface area contributed by atoms with Gasteiger partial charge in [-0.1, -0.05) is 13.3 Å². The maximum absolute atomic E-state index is 5.48. The second kappa shape index (κ2) is 8.94. The van der Waals surface area contributed by atoms with Crippen molar-refractivity contribution in [1.29, 1.82) is 0 Å². The van der Waals surface area contributed by atoms with Crippen LogP contribution in [0.1, 0.15) is 48.0 Å². The number of hydrogen-bond donors (Lipinski definition) is 0. The van der Waals surface area contributed by atoms with Crippen molar-refractivity contribution in [3.05, 3.63) is 46.4 Å². The maximum atomic E-state index is 5.48. The molecule has 0 saturated heterocycles. The molecular formula is C26H34N4O2. The first kappa shape index (κ1) is 22.3. The van der Waals surface area contributed by atoms with Crippen LogP contribution in [-0.2, 0) is 17.7 Å². The van der Waals surface area contributed by atoms with E-state index in [0.717, 1.165) is 66.4 Å². The normalized spacial score (nSPS) is 11.7. The summed E-state index contributed by atoms with van der Waals surface area (Å²) in [5.41, 5.74) is 10.0. The maximum Gasteiger partial charge on any atom is 0.165 e. The van der Waals surface area contributed by atoms with Crippen molar-refractivity contribution in [3.63, 3.8) is 0 Å². The van der Waals surface area contributed by atoms with E-state index in [2.05, 4.69) is 61.9 Å². The minimum Gasteiger partial charge on any atom is -0.497 e. The van der Waals surface area contributed by atoms with Gasteiger partial charge in [0.05, 0.1) is 24.1 Å². The van der Waals surface area contributed by atoms with E-state index in [-0.39, 0.29) is 0 Å². The Balaban J connectivity index is 2.02. The second-order valence-electron chi connectivity index (χ2n) is 8.65. The van der Waals surface area contributed by atoms with E-state index in [1.807, 2.05) is 0 Å². The number of aromatic nitrogens is 4. The first-order valence-corrected chi connectivity index (χ1v) is 11.4. The lowest BCUT2D eigenvalue weighted by molar-refractivity contribution is 0.190. The molecule has 3 aromatic heterocycles. The van der Waals surface area contributed by atoms with Crippen molar-refractivity contribution in [2.75, 3.05) is 20.8 Å². The number of benzene rings is 1. The fourth-order valence-electron chi connectivity index (χ4n) is 4.88. The first-order chi connectivity index (χ1) is 15.4. The summed E-state index contributed by atoms with van der Waals surface area (Å²) in [6.45, 7) is 12.3. The number of methoxy groups -OCH3 is 2. The lowest BCUT2D eigenvalue weighted by atomic mass is 9.95. The van der Waals surface area contributed by atoms with Crippen LogP contribution in [-0.4, -0.2) is 40.0 Å². The van der Waals surface area contributed by atoms with Crippen LogP contribution in [0.3, 0.4) is 0 Å². The summed E-state index contributed by atoms with van der Waals surface area (Å²) in [6.07, 6.45) is 3.10. The highest BCUT2D eigenvalue weighted by atomic mass is 16.5. The summed E-state index contributed by atoms with van der Waals surface area (Å²) in [7, 11) is 3.47. The van der Waals surface area contributed by atoms with Gasteiger partial charge in [-0.15, -0.1) is 0 Å². The quantitative estimate of drug-likeness (QED) is 0.340. The molecule has 1 aromatic carbocycles. The largest absolute Gasteiger partial charge is 0.497 e. The van der Waals surface area contributed by atoms with Crippen LogP contribution in [0.2, 0.25) is 0 Å². The van der Waals surface area contributed by atoms with Crippen molar-refractivity contribution >= 4 is 16.7 Å². The molecule has 6 heteroatoms. The molecule has 170 valence electrons. The number of fused-ring (bicyclic) bond motifs is 3. The monoisotopic (exact) mass is 434 g/mol. The third kappa shape index (κ3) is 3.66. The number of hydrogen-bond acceptors (Lipinski definition) is 4. The molecule has 6 nitrogen and oxygen atoms in total. The Morgan fingerprint density at radius 3 is 2.28 bits per heavy atom. The van der Waals surface area contributed by atoms with Crippen molar-refractivity contribution in [1.82, 2.24) is 19.2 Å². The zero-order chi connectivity index (χ0) is 23.0. The molecule has 0 unspecified atom stereocenters. The molecule has 0 aliphatic rings. The minimum atomic E-state index is 0.742. The van der Waals surface area contributed by atoms with E-state index in [1.165, 1.54) is 27.8 Å². The van der Waals surface area contributed by atoms with Crippen LogP contribution in [0.25, 0.3) is 27.8 Å². The van der Waals surface area contributed by atoms with Crippen molar-refractivity contribution in [2.24, 2.45) is 0 Å². The van der Waals surface area contributed by atoms with Crippen LogP contribution in [0.15, 0.2) is 18.2 Å². The van der Waals surface area contributed by atoms with Crippen LogP contribution in [0.5, 0.6) is 5.75 Å². The van der Waals surface area contributed by atoms with Crippen molar-refractivity contribution in [3.8, 4) is 16.9 Å². The van der Waals surface area contributed by atoms with Gasteiger partial charge in [-0.25, -0.2) is 4.98 Å². The minimum absolute atomic E-state index is 0.742. The Morgan fingerprint density at radius 1 is 0.938 bits per heavy atom. The van der Waals surface area contributed by atoms with Gasteiger partial charge in [0.15, 0.2) is 5.65 Å². The molecule has 32 heavy (non-hydrogen) atoms. The fourth-order valence-corrected chi connectivity index (χ4v) is 4.88. The van der Waals surface area contributed by atoms with Crippen LogP contribution >= 0.6 is 0 Å². The van der Waals surface area contributed by atoms with Gasteiger partial charge in [-0.2, -0.15) is 9.61 Å². The van der Waals surface area contributed by atoms with E-state index >= 15 is 0 Å². The highest BCUT2D eigenvalue weighted by Crippen LogP contribution is 2.37. The summed E-state index contributed by atoms with van der Waals surface area (Å²) < 4.78 is 15.3. The van der Waals surface area contributed by atoms with Gasteiger partial charge >= 0.3 is 0 Å². The Morgan fingerprint density at radius 2 is 1.66 bits per heavy atom. The molecule has 0 atom stereocenters. The van der Waals surface area contributed by atoms with E-state index in [1.54, 1.807) is 14.2 Å². The summed E-state index contributed by atoms with van der Waals surface area (Å²) >= 11 is 0. The molecule has 0 N–H and O–H groups in total. The number of rotatable bonds is 8. The van der Waals surface area contributed by atoms with Crippen molar-refractivity contribution < 1.29 is 9.47 Å². The summed E-state index contributed by atoms with van der Waals surface area (Å²) in [5.74, 6) is 0.876. The average Bonchev–Trinajstić information content (AvgIpc) is 3.26. The van der Waals surface area contributed by atoms with Gasteiger partial charge in [0.1, 0.15) is 11.4 Å². The first-order valence-electron chi connectivity index (χ1n) is 11.4. The molecule has 0 radical (unpaired) electrons. The molecule has 0 fully saturated rings. The SMILES string of the molecule is CCCc1cc2c(C)nc3c(-c4c(C)cc(OC)cc4C)c(C)nn3c2n1CCCOC. The van der Waals surface area contributed by atoms with Crippen LogP contribution in [0.4, 0.5) is 0 Å². The predicted octanol–water partition coefficient (Wildman–Crippen LogP) is 5.58. The summed E-state index contributed by atoms with van der Waals surface area (Å²) in [6, 6.07) is 6.47. The summed E-state index contributed by atoms with van der Waals surface area (Å²) in [5, 5.41) is 6.19. The molecule has 0 aliphatic carbocycles. The Bertz CT molecular complexity index is 1260. The Labute approximate surface area is 190 Å². The topological polar surface area (TPSA) is 53.6 Å². The van der Waals surface area contributed by atoms with Gasteiger partial charge in [-0.05, 0) is 75.4 Å². The van der Waals surface area contributed by atoms with Crippen LogP contribution < -0.4 is 4.74 Å². The smallest absolute Gasteiger partial charge is 0.165 e.